The molecule has 0 radical (unpaired) electrons. The molecule has 12 heavy (non-hydrogen) atoms. The normalized spacial score (nSPS) is 9.83. The fourth-order valence-electron chi connectivity index (χ4n) is 0.699. The van der Waals surface area contributed by atoms with Crippen molar-refractivity contribution < 1.29 is 9.42 Å². The van der Waals surface area contributed by atoms with Crippen LogP contribution in [0.5, 0.6) is 0 Å². The van der Waals surface area contributed by atoms with Gasteiger partial charge in [0, 0.05) is 0 Å². The third kappa shape index (κ3) is 2.04. The molecule has 0 spiro atoms. The van der Waals surface area contributed by atoms with Gasteiger partial charge in [-0.2, -0.15) is 0 Å². The summed E-state index contributed by atoms with van der Waals surface area (Å²) in [5.41, 5.74) is 0.657. The third-order valence-corrected chi connectivity index (χ3v) is 1.78. The van der Waals surface area contributed by atoms with Crippen LogP contribution in [0.2, 0.25) is 0 Å². The molecule has 66 valence electrons. The fourth-order valence-corrected chi connectivity index (χ4v) is 0.839. The molecule has 1 heterocycles. The van der Waals surface area contributed by atoms with E-state index >= 15 is 0 Å². The number of halogens is 1. The van der Waals surface area contributed by atoms with Crippen molar-refractivity contribution in [3.63, 3.8) is 0 Å². The van der Waals surface area contributed by atoms with E-state index in [0.29, 0.717) is 17.9 Å². The zero-order valence-corrected chi connectivity index (χ0v) is 8.09. The molecule has 1 aromatic heterocycles. The maximum atomic E-state index is 10.9. The van der Waals surface area contributed by atoms with Crippen LogP contribution >= 0.6 is 15.9 Å². The topological polar surface area (TPSA) is 68.0 Å². The van der Waals surface area contributed by atoms with Gasteiger partial charge >= 0.3 is 0 Å². The Morgan fingerprint density at radius 3 is 3.00 bits per heavy atom. The Morgan fingerprint density at radius 2 is 2.42 bits per heavy atom. The summed E-state index contributed by atoms with van der Waals surface area (Å²) in [4.78, 5) is 10.9. The van der Waals surface area contributed by atoms with Gasteiger partial charge in [-0.25, -0.2) is 4.63 Å². The smallest absolute Gasteiger partial charge is 0.236 e. The van der Waals surface area contributed by atoms with Crippen molar-refractivity contribution in [2.24, 2.45) is 0 Å². The number of carbonyl (C=O) groups excluding carboxylic acids is 1. The second-order valence-corrected chi connectivity index (χ2v) is 2.66. The first-order valence-electron chi connectivity index (χ1n) is 3.45. The largest absolute Gasteiger partial charge is 0.306 e. The van der Waals surface area contributed by atoms with Crippen molar-refractivity contribution >= 4 is 27.7 Å². The van der Waals surface area contributed by atoms with Gasteiger partial charge in [0.1, 0.15) is 5.69 Å². The molecule has 1 rings (SSSR count). The first-order valence-corrected chi connectivity index (χ1v) is 4.57. The van der Waals surface area contributed by atoms with Crippen LogP contribution in [0, 0.1) is 0 Å². The highest BCUT2D eigenvalue weighted by molar-refractivity contribution is 9.09. The summed E-state index contributed by atoms with van der Waals surface area (Å²) in [6.07, 6.45) is 0.682. The molecular weight excluding hydrogens is 226 g/mol. The molecule has 5 nitrogen and oxygen atoms in total. The van der Waals surface area contributed by atoms with Crippen LogP contribution in [-0.4, -0.2) is 21.6 Å². The van der Waals surface area contributed by atoms with Crippen LogP contribution in [0.15, 0.2) is 4.63 Å². The molecule has 0 saturated carbocycles. The SMILES string of the molecule is CCc1nonc1NC(=O)CBr. The minimum absolute atomic E-state index is 0.166. The highest BCUT2D eigenvalue weighted by Gasteiger charge is 2.09. The molecule has 1 N–H and O–H groups in total. The maximum Gasteiger partial charge on any atom is 0.236 e. The van der Waals surface area contributed by atoms with Crippen LogP contribution in [0.3, 0.4) is 0 Å². The Labute approximate surface area is 77.6 Å². The monoisotopic (exact) mass is 233 g/mol. The Balaban J connectivity index is 2.68. The lowest BCUT2D eigenvalue weighted by atomic mass is 10.3. The molecule has 6 heteroatoms. The number of nitrogens with zero attached hydrogens (tertiary/aromatic N) is 2. The molecule has 1 aromatic rings. The van der Waals surface area contributed by atoms with E-state index in [2.05, 4.69) is 36.2 Å². The van der Waals surface area contributed by atoms with Crippen molar-refractivity contribution in [1.82, 2.24) is 10.3 Å². The summed E-state index contributed by atoms with van der Waals surface area (Å²) in [7, 11) is 0. The number of carbonyl (C=O) groups is 1. The average Bonchev–Trinajstić information content (AvgIpc) is 2.51. The van der Waals surface area contributed by atoms with Gasteiger partial charge in [0.25, 0.3) is 0 Å². The van der Waals surface area contributed by atoms with Gasteiger partial charge in [-0.1, -0.05) is 28.0 Å². The van der Waals surface area contributed by atoms with Crippen LogP contribution in [0.25, 0.3) is 0 Å². The highest BCUT2D eigenvalue weighted by Crippen LogP contribution is 2.09. The predicted molar refractivity (Wildman–Crippen MR) is 46.1 cm³/mol. The summed E-state index contributed by atoms with van der Waals surface area (Å²) >= 11 is 3.02. The molecule has 1 amide bonds. The molecule has 0 fully saturated rings. The van der Waals surface area contributed by atoms with E-state index in [1.165, 1.54) is 0 Å². The lowest BCUT2D eigenvalue weighted by Crippen LogP contribution is -2.13. The van der Waals surface area contributed by atoms with Crippen LogP contribution in [0.4, 0.5) is 5.82 Å². The Kier molecular flexibility index (Phi) is 3.21. The number of nitrogens with one attached hydrogen (secondary N) is 1. The molecule has 0 aliphatic heterocycles. The van der Waals surface area contributed by atoms with Crippen molar-refractivity contribution in [2.75, 3.05) is 10.6 Å². The van der Waals surface area contributed by atoms with Gasteiger partial charge in [0.2, 0.25) is 11.7 Å². The summed E-state index contributed by atoms with van der Waals surface area (Å²) < 4.78 is 4.45. The number of hydrogen-bond acceptors (Lipinski definition) is 4. The standard InChI is InChI=1S/C6H8BrN3O2/c1-2-4-6(10-12-9-4)8-5(11)3-7/h2-3H2,1H3,(H,8,10,11). The number of hydrogen-bond donors (Lipinski definition) is 1. The number of alkyl halides is 1. The predicted octanol–water partition coefficient (Wildman–Crippen LogP) is 0.965. The minimum atomic E-state index is -0.166. The lowest BCUT2D eigenvalue weighted by molar-refractivity contribution is -0.113. The van der Waals surface area contributed by atoms with Crippen LogP contribution < -0.4 is 5.32 Å². The van der Waals surface area contributed by atoms with E-state index < -0.39 is 0 Å². The van der Waals surface area contributed by atoms with E-state index in [1.807, 2.05) is 6.92 Å². The summed E-state index contributed by atoms with van der Waals surface area (Å²) in [6.45, 7) is 1.91. The molecule has 0 unspecified atom stereocenters. The summed E-state index contributed by atoms with van der Waals surface area (Å²) in [5.74, 6) is 0.238. The molecular formula is C6H8BrN3O2. The van der Waals surface area contributed by atoms with E-state index in [4.69, 9.17) is 0 Å². The van der Waals surface area contributed by atoms with E-state index in [-0.39, 0.29) is 11.2 Å². The van der Waals surface area contributed by atoms with Crippen molar-refractivity contribution in [3.8, 4) is 0 Å². The zero-order valence-electron chi connectivity index (χ0n) is 6.50. The van der Waals surface area contributed by atoms with E-state index in [1.54, 1.807) is 0 Å². The Hall–Kier alpha value is -0.910. The molecule has 0 aromatic carbocycles. The number of amides is 1. The van der Waals surface area contributed by atoms with Gasteiger partial charge in [0.15, 0.2) is 0 Å². The Morgan fingerprint density at radius 1 is 1.67 bits per heavy atom. The van der Waals surface area contributed by atoms with Crippen LogP contribution in [0.1, 0.15) is 12.6 Å². The molecule has 0 atom stereocenters. The highest BCUT2D eigenvalue weighted by atomic mass is 79.9. The fraction of sp³-hybridized carbons (Fsp3) is 0.500. The first kappa shape index (κ1) is 9.18. The Bertz CT molecular complexity index is 274. The third-order valence-electron chi connectivity index (χ3n) is 1.27. The first-order chi connectivity index (χ1) is 5.77. The van der Waals surface area contributed by atoms with Crippen molar-refractivity contribution in [1.29, 1.82) is 0 Å². The van der Waals surface area contributed by atoms with Crippen molar-refractivity contribution in [3.05, 3.63) is 5.69 Å². The average molecular weight is 234 g/mol. The molecule has 0 bridgehead atoms. The second kappa shape index (κ2) is 4.20. The van der Waals surface area contributed by atoms with Gasteiger partial charge in [0.05, 0.1) is 5.33 Å². The quantitative estimate of drug-likeness (QED) is 0.791. The van der Waals surface area contributed by atoms with Crippen molar-refractivity contribution in [2.45, 2.75) is 13.3 Å². The van der Waals surface area contributed by atoms with E-state index in [0.717, 1.165) is 0 Å². The molecule has 0 aliphatic rings. The number of aryl methyl sites for hydroxylation is 1. The van der Waals surface area contributed by atoms with Crippen LogP contribution in [-0.2, 0) is 11.2 Å². The van der Waals surface area contributed by atoms with Gasteiger partial charge in [-0.05, 0) is 11.6 Å². The minimum Gasteiger partial charge on any atom is -0.306 e. The molecule has 0 aliphatic carbocycles. The summed E-state index contributed by atoms with van der Waals surface area (Å²) in [6, 6.07) is 0. The lowest BCUT2D eigenvalue weighted by Gasteiger charge is -1.96. The summed E-state index contributed by atoms with van der Waals surface area (Å²) in [5, 5.41) is 9.92. The molecule has 0 saturated heterocycles. The number of rotatable bonds is 3. The van der Waals surface area contributed by atoms with Gasteiger partial charge in [-0.3, -0.25) is 4.79 Å². The van der Waals surface area contributed by atoms with E-state index in [9.17, 15) is 4.79 Å². The van der Waals surface area contributed by atoms with Gasteiger partial charge < -0.3 is 5.32 Å². The number of aromatic nitrogens is 2. The zero-order chi connectivity index (χ0) is 8.97. The second-order valence-electron chi connectivity index (χ2n) is 2.09. The maximum absolute atomic E-state index is 10.9. The van der Waals surface area contributed by atoms with Gasteiger partial charge in [-0.15, -0.1) is 0 Å². The number of anilines is 1.